The minimum Gasteiger partial charge on any atom is -0.268 e. The van der Waals surface area contributed by atoms with Gasteiger partial charge in [0.2, 0.25) is 0 Å². The van der Waals surface area contributed by atoms with Gasteiger partial charge in [0.05, 0.1) is 55.1 Å². The number of rotatable bonds is 12. The number of hydrogen-bond acceptors (Lipinski definition) is 8. The first-order valence-corrected chi connectivity index (χ1v) is 43.1. The van der Waals surface area contributed by atoms with Gasteiger partial charge in [-0.2, -0.15) is 0 Å². The monoisotopic (exact) mass is 1920 g/mol. The van der Waals surface area contributed by atoms with E-state index in [1.54, 1.807) is 0 Å². The van der Waals surface area contributed by atoms with Crippen LogP contribution in [0.15, 0.2) is 148 Å². The van der Waals surface area contributed by atoms with E-state index in [4.69, 9.17) is 0 Å². The third-order valence-corrected chi connectivity index (χ3v) is 28.7. The number of pyridine rings is 4. The lowest BCUT2D eigenvalue weighted by Gasteiger charge is -2.30. The standard InChI is InChI=1S/C96H74I4N4O8/c1-35(2)43-21-17-22-44(36(3)4)85(43)101-89(105)53-29-51-65-75-63(53)55(91(101)107)31-59(97)71(75)73-61(99)33-58-70-77(73)79(65)82-68(84(70)96(112)104(94(58)110)88-49(41(13)14)27-20-28-50(88)42(15)16)52-30-54-64-56(92(108)102(90(54)106)86-45(37(5)6)23-18-24-46(86)38(7)8)32-60(98)72-74-62(100)34-57-69-78(74)80(66(52)76(64)72)81(82)67(51)83(69)95(111)103(93(57)109)87-47(39(9)10)25-19-26-48(87)40(11)12/h17-42H,1-16H3. The van der Waals surface area contributed by atoms with Crippen molar-refractivity contribution in [2.45, 2.75) is 158 Å². The highest BCUT2D eigenvalue weighted by Crippen LogP contribution is 2.62. The molecule has 4 heterocycles. The SMILES string of the molecule is CC(C)c1cccc(C(C)C)c1-n1c(=O)c2cc(I)c3c4c(I)cc5c(=O)n(-c6c(C(C)C)cccc6C(C)C)c(=O)c6c5c4c4c5c(cc(c1=O)c2c35)c1c2c(=O)n(-c3c(C(C)C)cccc3C(C)C)c(=O)c3cc(I)c5c7c(I)cc8c(=O)n(-c9c(C(C)C)cccc9C(C)C)c(=O)c9cc%10c6c4c1c(c%10c7c89)c5c32. The molecule has 4 aromatic heterocycles. The van der Waals surface area contributed by atoms with E-state index in [-0.39, 0.29) is 79.7 Å². The molecule has 20 rings (SSSR count). The first-order chi connectivity index (χ1) is 53.3. The van der Waals surface area contributed by atoms with E-state index in [1.807, 2.05) is 109 Å². The Hall–Kier alpha value is -8.84. The summed E-state index contributed by atoms with van der Waals surface area (Å²) in [6.45, 7) is 33.1. The van der Waals surface area contributed by atoms with Crippen molar-refractivity contribution >= 4 is 252 Å². The Balaban J connectivity index is 1.19. The fourth-order valence-electron chi connectivity index (χ4n) is 20.6. The Labute approximate surface area is 695 Å². The second-order valence-electron chi connectivity index (χ2n) is 34.0. The fourth-order valence-corrected chi connectivity index (χ4v) is 24.0. The maximum Gasteiger partial charge on any atom is 0.266 e. The highest BCUT2D eigenvalue weighted by Gasteiger charge is 2.40. The molecule has 0 radical (unpaired) electrons. The van der Waals surface area contributed by atoms with Gasteiger partial charge in [-0.15, -0.1) is 0 Å². The van der Waals surface area contributed by atoms with E-state index in [0.717, 1.165) is 44.5 Å². The first-order valence-electron chi connectivity index (χ1n) is 38.8. The summed E-state index contributed by atoms with van der Waals surface area (Å²) in [7, 11) is 0. The molecule has 554 valence electrons. The van der Waals surface area contributed by atoms with Crippen LogP contribution in [0.4, 0.5) is 0 Å². The van der Waals surface area contributed by atoms with E-state index < -0.39 is 44.5 Å². The second-order valence-corrected chi connectivity index (χ2v) is 38.6. The van der Waals surface area contributed by atoms with Gasteiger partial charge < -0.3 is 0 Å². The lowest BCUT2D eigenvalue weighted by atomic mass is 9.73. The molecule has 0 aliphatic rings. The maximum atomic E-state index is 18.0. The molecular weight excluding hydrogens is 1840 g/mol. The molecule has 16 aromatic carbocycles. The smallest absolute Gasteiger partial charge is 0.266 e. The molecule has 20 aromatic rings. The molecule has 12 nitrogen and oxygen atoms in total. The molecule has 0 aliphatic heterocycles. The van der Waals surface area contributed by atoms with Crippen molar-refractivity contribution in [1.82, 2.24) is 18.3 Å². The van der Waals surface area contributed by atoms with Crippen LogP contribution < -0.4 is 44.5 Å². The average Bonchev–Trinajstić information content (AvgIpc) is 0.632. The predicted octanol–water partition coefficient (Wildman–Crippen LogP) is 23.4. The van der Waals surface area contributed by atoms with Crippen LogP contribution in [0.25, 0.3) is 184 Å². The molecule has 0 unspecified atom stereocenters. The zero-order valence-corrected chi connectivity index (χ0v) is 73.2. The van der Waals surface area contributed by atoms with Crippen molar-refractivity contribution in [3.63, 3.8) is 0 Å². The molecular formula is C96H74I4N4O8. The Kier molecular flexibility index (Phi) is 15.7. The van der Waals surface area contributed by atoms with Crippen molar-refractivity contribution < 1.29 is 0 Å². The number of hydrogen-bond donors (Lipinski definition) is 0. The zero-order chi connectivity index (χ0) is 78.8. The van der Waals surface area contributed by atoms with E-state index in [2.05, 4.69) is 201 Å². The summed E-state index contributed by atoms with van der Waals surface area (Å²) in [6, 6.07) is 35.4. The molecule has 112 heavy (non-hydrogen) atoms. The molecule has 0 amide bonds. The van der Waals surface area contributed by atoms with Crippen molar-refractivity contribution in [3.05, 3.63) is 251 Å². The van der Waals surface area contributed by atoms with Gasteiger partial charge in [-0.1, -0.05) is 184 Å². The summed E-state index contributed by atoms with van der Waals surface area (Å²) in [4.78, 5) is 137. The van der Waals surface area contributed by atoms with Gasteiger partial charge in [0.25, 0.3) is 44.5 Å². The van der Waals surface area contributed by atoms with Gasteiger partial charge in [-0.05, 0) is 240 Å². The van der Waals surface area contributed by atoms with E-state index in [1.165, 1.54) is 18.3 Å². The molecule has 0 N–H and O–H groups in total. The van der Waals surface area contributed by atoms with Gasteiger partial charge in [0, 0.05) is 122 Å². The highest BCUT2D eigenvalue weighted by atomic mass is 127. The van der Waals surface area contributed by atoms with Crippen LogP contribution in [0.2, 0.25) is 0 Å². The topological polar surface area (TPSA) is 156 Å². The largest absolute Gasteiger partial charge is 0.268 e. The maximum absolute atomic E-state index is 18.0. The summed E-state index contributed by atoms with van der Waals surface area (Å²) in [5, 5.41) is 14.6. The van der Waals surface area contributed by atoms with E-state index in [0.29, 0.717) is 166 Å². The first kappa shape index (κ1) is 72.1. The van der Waals surface area contributed by atoms with Crippen LogP contribution >= 0.6 is 90.4 Å². The summed E-state index contributed by atoms with van der Waals surface area (Å²) in [5.74, 6) is -1.08. The number of aromatic nitrogens is 4. The number of para-hydroxylation sites is 4. The van der Waals surface area contributed by atoms with Crippen LogP contribution in [0, 0.1) is 14.3 Å². The number of benzene rings is 16. The van der Waals surface area contributed by atoms with Crippen LogP contribution in [0.3, 0.4) is 0 Å². The number of nitrogens with zero attached hydrogens (tertiary/aromatic N) is 4. The lowest BCUT2D eigenvalue weighted by molar-refractivity contribution is 0.792. The summed E-state index contributed by atoms with van der Waals surface area (Å²) in [6.07, 6.45) is 0. The number of fused-ring (bicyclic) bond motifs is 6. The van der Waals surface area contributed by atoms with Crippen LogP contribution in [0.1, 0.15) is 203 Å². The third-order valence-electron chi connectivity index (χ3n) is 25.3. The Morgan fingerprint density at radius 2 is 0.348 bits per heavy atom. The Morgan fingerprint density at radius 1 is 0.188 bits per heavy atom. The van der Waals surface area contributed by atoms with E-state index in [9.17, 15) is 0 Å². The molecule has 0 bridgehead atoms. The Bertz CT molecular complexity index is 7620. The summed E-state index contributed by atoms with van der Waals surface area (Å²) >= 11 is 9.40. The van der Waals surface area contributed by atoms with Gasteiger partial charge in [0.1, 0.15) is 0 Å². The van der Waals surface area contributed by atoms with Crippen molar-refractivity contribution in [2.75, 3.05) is 0 Å². The van der Waals surface area contributed by atoms with Gasteiger partial charge in [-0.3, -0.25) is 38.4 Å². The molecule has 0 spiro atoms. The second kappa shape index (κ2) is 24.4. The highest BCUT2D eigenvalue weighted by molar-refractivity contribution is 14.1. The minimum absolute atomic E-state index is 0.112. The molecule has 0 atom stereocenters. The fraction of sp³-hybridized carbons (Fsp3) is 0.250. The van der Waals surface area contributed by atoms with Gasteiger partial charge >= 0.3 is 0 Å². The lowest BCUT2D eigenvalue weighted by Crippen LogP contribution is -2.34. The quantitative estimate of drug-likeness (QED) is 0.0665. The van der Waals surface area contributed by atoms with Crippen LogP contribution in [-0.4, -0.2) is 18.3 Å². The number of halogens is 4. The van der Waals surface area contributed by atoms with Crippen molar-refractivity contribution in [1.29, 1.82) is 0 Å². The van der Waals surface area contributed by atoms with Gasteiger partial charge in [0.15, 0.2) is 0 Å². The normalized spacial score (nSPS) is 13.2. The van der Waals surface area contributed by atoms with Crippen LogP contribution in [0.5, 0.6) is 0 Å². The molecule has 0 saturated heterocycles. The third kappa shape index (κ3) is 8.82. The zero-order valence-electron chi connectivity index (χ0n) is 64.6. The van der Waals surface area contributed by atoms with Crippen LogP contribution in [-0.2, 0) is 0 Å². The predicted molar refractivity (Wildman–Crippen MR) is 501 cm³/mol. The molecule has 0 aliphatic carbocycles. The minimum atomic E-state index is -0.576. The van der Waals surface area contributed by atoms with E-state index >= 15 is 38.4 Å². The summed E-state index contributed by atoms with van der Waals surface area (Å²) in [5.41, 5.74) is 4.37. The molecule has 16 heteroatoms. The molecule has 0 fully saturated rings. The average molecular weight is 1920 g/mol. The molecule has 0 saturated carbocycles. The van der Waals surface area contributed by atoms with Crippen molar-refractivity contribution in [3.8, 4) is 22.7 Å². The van der Waals surface area contributed by atoms with Gasteiger partial charge in [-0.25, -0.2) is 18.3 Å². The summed E-state index contributed by atoms with van der Waals surface area (Å²) < 4.78 is 8.34. The Morgan fingerprint density at radius 3 is 0.562 bits per heavy atom. The van der Waals surface area contributed by atoms with Crippen molar-refractivity contribution in [2.24, 2.45) is 0 Å².